The van der Waals surface area contributed by atoms with E-state index in [-0.39, 0.29) is 16.3 Å². The number of carbonyl (C=O) groups excluding carboxylic acids is 2. The van der Waals surface area contributed by atoms with E-state index in [0.717, 1.165) is 11.8 Å². The first-order valence-corrected chi connectivity index (χ1v) is 8.67. The molecule has 1 aromatic rings. The summed E-state index contributed by atoms with van der Waals surface area (Å²) in [6.07, 6.45) is 0. The van der Waals surface area contributed by atoms with Crippen molar-refractivity contribution >= 4 is 29.3 Å². The second-order valence-corrected chi connectivity index (χ2v) is 7.67. The zero-order chi connectivity index (χ0) is 19.5. The first kappa shape index (κ1) is 19.5. The van der Waals surface area contributed by atoms with Crippen molar-refractivity contribution in [2.24, 2.45) is 11.3 Å². The standard InChI is InChI=1S/C18H17FN4O2S/c1-10(15(24)22-14-7-5-4-6-13(14)19)26-17-12(9-21)18(2,3)11(8-20)16(25)23-17/h4-7,10-11H,1-3H3,(H,22,24)(H,23,25). The Kier molecular flexibility index (Phi) is 5.69. The van der Waals surface area contributed by atoms with Crippen molar-refractivity contribution < 1.29 is 14.0 Å². The molecule has 2 N–H and O–H groups in total. The number of rotatable bonds is 4. The molecular formula is C18H17FN4O2S. The second kappa shape index (κ2) is 7.59. The molecule has 2 rings (SSSR count). The number of carbonyl (C=O) groups is 2. The lowest BCUT2D eigenvalue weighted by Crippen LogP contribution is -2.45. The number of benzene rings is 1. The van der Waals surface area contributed by atoms with E-state index in [2.05, 4.69) is 10.6 Å². The maximum atomic E-state index is 13.7. The predicted molar refractivity (Wildman–Crippen MR) is 95.7 cm³/mol. The molecule has 1 aliphatic heterocycles. The molecule has 6 nitrogen and oxygen atoms in total. The molecule has 8 heteroatoms. The number of nitriles is 2. The van der Waals surface area contributed by atoms with Gasteiger partial charge in [0.15, 0.2) is 0 Å². The number of hydrogen-bond donors (Lipinski definition) is 2. The maximum absolute atomic E-state index is 13.7. The summed E-state index contributed by atoms with van der Waals surface area (Å²) in [5.74, 6) is -2.54. The highest BCUT2D eigenvalue weighted by atomic mass is 32.2. The van der Waals surface area contributed by atoms with Crippen molar-refractivity contribution in [2.45, 2.75) is 26.0 Å². The van der Waals surface area contributed by atoms with Gasteiger partial charge in [-0.1, -0.05) is 37.7 Å². The molecule has 1 aromatic carbocycles. The largest absolute Gasteiger partial charge is 0.323 e. The molecule has 0 radical (unpaired) electrons. The number of hydrogen-bond acceptors (Lipinski definition) is 5. The molecule has 134 valence electrons. The third-order valence-corrected chi connectivity index (χ3v) is 5.24. The van der Waals surface area contributed by atoms with Gasteiger partial charge in [0.1, 0.15) is 11.7 Å². The van der Waals surface area contributed by atoms with Crippen LogP contribution in [-0.4, -0.2) is 17.1 Å². The fraction of sp³-hybridized carbons (Fsp3) is 0.333. The van der Waals surface area contributed by atoms with E-state index in [9.17, 15) is 24.5 Å². The first-order chi connectivity index (χ1) is 12.2. The molecule has 1 aliphatic rings. The van der Waals surface area contributed by atoms with Gasteiger partial charge in [0.25, 0.3) is 0 Å². The number of amides is 2. The van der Waals surface area contributed by atoms with Crippen molar-refractivity contribution in [2.75, 3.05) is 5.32 Å². The van der Waals surface area contributed by atoms with Gasteiger partial charge in [-0.2, -0.15) is 10.5 Å². The molecular weight excluding hydrogens is 355 g/mol. The summed E-state index contributed by atoms with van der Waals surface area (Å²) in [6.45, 7) is 4.87. The minimum Gasteiger partial charge on any atom is -0.323 e. The van der Waals surface area contributed by atoms with Crippen molar-refractivity contribution in [1.29, 1.82) is 10.5 Å². The van der Waals surface area contributed by atoms with E-state index < -0.39 is 34.2 Å². The third-order valence-electron chi connectivity index (χ3n) is 4.13. The summed E-state index contributed by atoms with van der Waals surface area (Å²) in [5.41, 5.74) is -0.688. The third kappa shape index (κ3) is 3.71. The van der Waals surface area contributed by atoms with E-state index in [1.807, 2.05) is 12.1 Å². The average Bonchev–Trinajstić information content (AvgIpc) is 2.56. The molecule has 2 unspecified atom stereocenters. The van der Waals surface area contributed by atoms with Crippen LogP contribution in [0.5, 0.6) is 0 Å². The highest BCUT2D eigenvalue weighted by Gasteiger charge is 2.45. The van der Waals surface area contributed by atoms with Crippen LogP contribution in [0.1, 0.15) is 20.8 Å². The van der Waals surface area contributed by atoms with Gasteiger partial charge in [-0.3, -0.25) is 9.59 Å². The lowest BCUT2D eigenvalue weighted by atomic mass is 9.72. The number of halogens is 1. The second-order valence-electron chi connectivity index (χ2n) is 6.32. The summed E-state index contributed by atoms with van der Waals surface area (Å²) in [5, 5.41) is 23.2. The van der Waals surface area contributed by atoms with Crippen molar-refractivity contribution in [1.82, 2.24) is 5.32 Å². The monoisotopic (exact) mass is 372 g/mol. The van der Waals surface area contributed by atoms with Gasteiger partial charge in [-0.15, -0.1) is 0 Å². The van der Waals surface area contributed by atoms with Gasteiger partial charge in [0.2, 0.25) is 11.8 Å². The van der Waals surface area contributed by atoms with Crippen LogP contribution >= 0.6 is 11.8 Å². The molecule has 0 bridgehead atoms. The Morgan fingerprint density at radius 2 is 2.04 bits per heavy atom. The Bertz CT molecular complexity index is 867. The number of nitrogens with one attached hydrogen (secondary N) is 2. The highest BCUT2D eigenvalue weighted by molar-refractivity contribution is 8.04. The smallest absolute Gasteiger partial charge is 0.243 e. The van der Waals surface area contributed by atoms with Crippen LogP contribution in [-0.2, 0) is 9.59 Å². The molecule has 0 spiro atoms. The van der Waals surface area contributed by atoms with Crippen LogP contribution < -0.4 is 10.6 Å². The Hall–Kier alpha value is -2.84. The van der Waals surface area contributed by atoms with Crippen LogP contribution in [0.3, 0.4) is 0 Å². The number of anilines is 1. The molecule has 1 heterocycles. The van der Waals surface area contributed by atoms with Crippen molar-refractivity contribution in [3.05, 3.63) is 40.7 Å². The number of para-hydroxylation sites is 1. The van der Waals surface area contributed by atoms with Gasteiger partial charge in [-0.05, 0) is 19.1 Å². The minimum atomic E-state index is -0.996. The Labute approximate surface area is 155 Å². The summed E-state index contributed by atoms with van der Waals surface area (Å²) < 4.78 is 13.7. The minimum absolute atomic E-state index is 0.0528. The lowest BCUT2D eigenvalue weighted by Gasteiger charge is -2.35. The molecule has 0 saturated carbocycles. The van der Waals surface area contributed by atoms with E-state index in [0.29, 0.717) is 0 Å². The van der Waals surface area contributed by atoms with E-state index >= 15 is 0 Å². The highest BCUT2D eigenvalue weighted by Crippen LogP contribution is 2.42. The van der Waals surface area contributed by atoms with Crippen LogP contribution in [0.25, 0.3) is 0 Å². The van der Waals surface area contributed by atoms with Crippen LogP contribution in [0.15, 0.2) is 34.9 Å². The normalized spacial score (nSPS) is 19.8. The predicted octanol–water partition coefficient (Wildman–Crippen LogP) is 2.92. The van der Waals surface area contributed by atoms with E-state index in [1.165, 1.54) is 18.2 Å². The van der Waals surface area contributed by atoms with E-state index in [1.54, 1.807) is 26.8 Å². The fourth-order valence-electron chi connectivity index (χ4n) is 2.54. The number of nitrogens with zero attached hydrogens (tertiary/aromatic N) is 2. The molecule has 0 aromatic heterocycles. The van der Waals surface area contributed by atoms with Crippen molar-refractivity contribution in [3.8, 4) is 12.1 Å². The Morgan fingerprint density at radius 3 is 2.62 bits per heavy atom. The zero-order valence-electron chi connectivity index (χ0n) is 14.5. The van der Waals surface area contributed by atoms with Gasteiger partial charge in [0.05, 0.1) is 33.7 Å². The van der Waals surface area contributed by atoms with Crippen LogP contribution in [0, 0.1) is 39.8 Å². The fourth-order valence-corrected chi connectivity index (χ4v) is 3.65. The van der Waals surface area contributed by atoms with Gasteiger partial charge >= 0.3 is 0 Å². The molecule has 2 amide bonds. The quantitative estimate of drug-likeness (QED) is 0.845. The molecule has 0 saturated heterocycles. The Morgan fingerprint density at radius 1 is 1.38 bits per heavy atom. The lowest BCUT2D eigenvalue weighted by molar-refractivity contribution is -0.125. The summed E-state index contributed by atoms with van der Waals surface area (Å²) in [6, 6.07) is 9.73. The number of allylic oxidation sites excluding steroid dienone is 1. The summed E-state index contributed by atoms with van der Waals surface area (Å²) in [4.78, 5) is 24.5. The van der Waals surface area contributed by atoms with Crippen molar-refractivity contribution in [3.63, 3.8) is 0 Å². The topological polar surface area (TPSA) is 106 Å². The maximum Gasteiger partial charge on any atom is 0.243 e. The number of thioether (sulfide) groups is 1. The van der Waals surface area contributed by atoms with Gasteiger partial charge in [-0.25, -0.2) is 4.39 Å². The zero-order valence-corrected chi connectivity index (χ0v) is 15.3. The van der Waals surface area contributed by atoms with Crippen LogP contribution in [0.4, 0.5) is 10.1 Å². The average molecular weight is 372 g/mol. The van der Waals surface area contributed by atoms with Gasteiger partial charge in [0, 0.05) is 5.41 Å². The molecule has 0 fully saturated rings. The van der Waals surface area contributed by atoms with Gasteiger partial charge < -0.3 is 10.6 Å². The molecule has 26 heavy (non-hydrogen) atoms. The Balaban J connectivity index is 2.23. The first-order valence-electron chi connectivity index (χ1n) is 7.79. The van der Waals surface area contributed by atoms with Crippen LogP contribution in [0.2, 0.25) is 0 Å². The molecule has 0 aliphatic carbocycles. The summed E-state index contributed by atoms with van der Waals surface area (Å²) in [7, 11) is 0. The van der Waals surface area contributed by atoms with E-state index in [4.69, 9.17) is 0 Å². The SMILES string of the molecule is CC(SC1=C(C#N)C(C)(C)C(C#N)C(=O)N1)C(=O)Nc1ccccc1F. The summed E-state index contributed by atoms with van der Waals surface area (Å²) >= 11 is 0.986. The molecule has 2 atom stereocenters.